The molecule has 1 amide bonds. The number of hydrazone groups is 1. The third-order valence-electron chi connectivity index (χ3n) is 3.77. The molecule has 10 nitrogen and oxygen atoms in total. The zero-order valence-corrected chi connectivity index (χ0v) is 16.1. The highest BCUT2D eigenvalue weighted by Crippen LogP contribution is 2.26. The van der Waals surface area contributed by atoms with Crippen molar-refractivity contribution < 1.29 is 22.9 Å². The highest BCUT2D eigenvalue weighted by Gasteiger charge is 2.15. The Hall–Kier alpha value is -3.47. The van der Waals surface area contributed by atoms with Gasteiger partial charge >= 0.3 is 5.69 Å². The summed E-state index contributed by atoms with van der Waals surface area (Å²) >= 11 is 0. The first-order valence-corrected chi connectivity index (χ1v) is 9.68. The van der Waals surface area contributed by atoms with Gasteiger partial charge in [0.05, 0.1) is 30.2 Å². The highest BCUT2D eigenvalue weighted by molar-refractivity contribution is 7.92. The summed E-state index contributed by atoms with van der Waals surface area (Å²) in [5.41, 5.74) is 3.16. The number of benzene rings is 2. The van der Waals surface area contributed by atoms with Gasteiger partial charge in [-0.1, -0.05) is 0 Å². The van der Waals surface area contributed by atoms with Crippen LogP contribution in [0.3, 0.4) is 0 Å². The topological polar surface area (TPSA) is 131 Å². The summed E-state index contributed by atoms with van der Waals surface area (Å²) in [6.45, 7) is 0. The molecule has 0 unspecified atom stereocenters. The van der Waals surface area contributed by atoms with E-state index in [0.717, 1.165) is 10.6 Å². The lowest BCUT2D eigenvalue weighted by Crippen LogP contribution is -2.25. The van der Waals surface area contributed by atoms with Crippen LogP contribution in [0.1, 0.15) is 15.9 Å². The second kappa shape index (κ2) is 8.48. The molecule has 28 heavy (non-hydrogen) atoms. The summed E-state index contributed by atoms with van der Waals surface area (Å²) in [6, 6.07) is 10.2. The summed E-state index contributed by atoms with van der Waals surface area (Å²) in [6.07, 6.45) is 2.34. The molecule has 2 rings (SSSR count). The van der Waals surface area contributed by atoms with Crippen molar-refractivity contribution in [2.75, 3.05) is 24.7 Å². The summed E-state index contributed by atoms with van der Waals surface area (Å²) in [4.78, 5) is 22.5. The van der Waals surface area contributed by atoms with Crippen LogP contribution in [0.4, 0.5) is 11.4 Å². The maximum Gasteiger partial charge on any atom is 0.311 e. The molecular weight excluding hydrogens is 388 g/mol. The molecule has 2 aromatic carbocycles. The molecule has 0 aliphatic heterocycles. The Morgan fingerprint density at radius 2 is 1.89 bits per heavy atom. The molecule has 0 fully saturated rings. The average molecular weight is 406 g/mol. The molecule has 0 radical (unpaired) electrons. The zero-order valence-electron chi connectivity index (χ0n) is 15.3. The van der Waals surface area contributed by atoms with Crippen molar-refractivity contribution in [1.82, 2.24) is 5.43 Å². The van der Waals surface area contributed by atoms with E-state index < -0.39 is 20.9 Å². The SMILES string of the molecule is COc1ccc(/C=N\NC(=O)c2ccc(N(C)S(C)(=O)=O)cc2)cc1[N+](=O)[O-]. The second-order valence-electron chi connectivity index (χ2n) is 5.66. The van der Waals surface area contributed by atoms with Crippen molar-refractivity contribution in [1.29, 1.82) is 0 Å². The second-order valence-corrected chi connectivity index (χ2v) is 7.68. The molecule has 0 atom stereocenters. The Morgan fingerprint density at radius 1 is 1.25 bits per heavy atom. The third-order valence-corrected chi connectivity index (χ3v) is 4.98. The van der Waals surface area contributed by atoms with E-state index in [-0.39, 0.29) is 17.0 Å². The fourth-order valence-electron chi connectivity index (χ4n) is 2.17. The molecule has 0 heterocycles. The number of carbonyl (C=O) groups excluding carboxylic acids is 1. The van der Waals surface area contributed by atoms with Gasteiger partial charge in [0.2, 0.25) is 10.0 Å². The van der Waals surface area contributed by atoms with Crippen LogP contribution < -0.4 is 14.5 Å². The maximum atomic E-state index is 12.1. The summed E-state index contributed by atoms with van der Waals surface area (Å²) in [5.74, 6) is -0.404. The van der Waals surface area contributed by atoms with Crippen LogP contribution in [-0.2, 0) is 10.0 Å². The van der Waals surface area contributed by atoms with Crippen LogP contribution in [-0.4, -0.2) is 45.9 Å². The van der Waals surface area contributed by atoms with Crippen molar-refractivity contribution in [3.8, 4) is 5.75 Å². The van der Waals surface area contributed by atoms with Crippen molar-refractivity contribution in [3.05, 3.63) is 63.7 Å². The van der Waals surface area contributed by atoms with Crippen LogP contribution >= 0.6 is 0 Å². The van der Waals surface area contributed by atoms with E-state index in [0.29, 0.717) is 11.3 Å². The molecule has 0 aromatic heterocycles. The summed E-state index contributed by atoms with van der Waals surface area (Å²) in [7, 11) is -0.662. The number of nitro benzene ring substituents is 1. The first-order valence-electron chi connectivity index (χ1n) is 7.83. The normalized spacial score (nSPS) is 11.2. The van der Waals surface area contributed by atoms with Crippen LogP contribution in [0.15, 0.2) is 47.6 Å². The Bertz CT molecular complexity index is 1020. The van der Waals surface area contributed by atoms with Gasteiger partial charge in [-0.2, -0.15) is 5.10 Å². The summed E-state index contributed by atoms with van der Waals surface area (Å²) in [5, 5.41) is 14.8. The van der Waals surface area contributed by atoms with Crippen LogP contribution in [0, 0.1) is 10.1 Å². The first-order chi connectivity index (χ1) is 13.1. The largest absolute Gasteiger partial charge is 0.490 e. The number of anilines is 1. The molecule has 0 saturated heterocycles. The number of ether oxygens (including phenoxy) is 1. The Morgan fingerprint density at radius 3 is 2.43 bits per heavy atom. The van der Waals surface area contributed by atoms with Crippen LogP contribution in [0.5, 0.6) is 5.75 Å². The zero-order chi connectivity index (χ0) is 20.9. The van der Waals surface area contributed by atoms with E-state index in [1.165, 1.54) is 56.8 Å². The number of methoxy groups -OCH3 is 1. The highest BCUT2D eigenvalue weighted by atomic mass is 32.2. The quantitative estimate of drug-likeness (QED) is 0.423. The fourth-order valence-corrected chi connectivity index (χ4v) is 2.68. The molecular formula is C17H18N4O6S. The lowest BCUT2D eigenvalue weighted by Gasteiger charge is -2.16. The van der Waals surface area contributed by atoms with E-state index in [1.54, 1.807) is 6.07 Å². The fraction of sp³-hybridized carbons (Fsp3) is 0.176. The van der Waals surface area contributed by atoms with E-state index in [1.807, 2.05) is 0 Å². The molecule has 0 saturated carbocycles. The number of rotatable bonds is 7. The molecule has 0 aliphatic rings. The van der Waals surface area contributed by atoms with Crippen molar-refractivity contribution in [2.45, 2.75) is 0 Å². The number of nitrogens with zero attached hydrogens (tertiary/aromatic N) is 3. The average Bonchev–Trinajstić information content (AvgIpc) is 2.66. The van der Waals surface area contributed by atoms with Gasteiger partial charge in [-0.3, -0.25) is 19.2 Å². The van der Waals surface area contributed by atoms with Crippen LogP contribution in [0.2, 0.25) is 0 Å². The maximum absolute atomic E-state index is 12.1. The number of nitro groups is 1. The predicted octanol–water partition coefficient (Wildman–Crippen LogP) is 1.76. The molecule has 0 spiro atoms. The van der Waals surface area contributed by atoms with Gasteiger partial charge in [0, 0.05) is 24.2 Å². The van der Waals surface area contributed by atoms with Crippen molar-refractivity contribution in [2.24, 2.45) is 5.10 Å². The number of hydrogen-bond donors (Lipinski definition) is 1. The Labute approximate surface area is 161 Å². The Balaban J connectivity index is 2.08. The Kier molecular flexibility index (Phi) is 6.31. The van der Waals surface area contributed by atoms with Crippen molar-refractivity contribution in [3.63, 3.8) is 0 Å². The number of nitrogens with one attached hydrogen (secondary N) is 1. The number of amides is 1. The van der Waals surface area contributed by atoms with E-state index in [4.69, 9.17) is 4.74 Å². The minimum Gasteiger partial charge on any atom is -0.490 e. The number of sulfonamides is 1. The van der Waals surface area contributed by atoms with E-state index >= 15 is 0 Å². The van der Waals surface area contributed by atoms with E-state index in [9.17, 15) is 23.3 Å². The van der Waals surface area contributed by atoms with Gasteiger partial charge in [-0.25, -0.2) is 13.8 Å². The lowest BCUT2D eigenvalue weighted by atomic mass is 10.2. The van der Waals surface area contributed by atoms with Gasteiger partial charge in [-0.15, -0.1) is 0 Å². The molecule has 1 N–H and O–H groups in total. The monoisotopic (exact) mass is 406 g/mol. The third kappa shape index (κ3) is 5.04. The standard InChI is InChI=1S/C17H18N4O6S/c1-20(28(3,25)26)14-7-5-13(6-8-14)17(22)19-18-11-12-4-9-16(27-2)15(10-12)21(23)24/h4-11H,1-3H3,(H,19,22)/b18-11-. The smallest absolute Gasteiger partial charge is 0.311 e. The minimum atomic E-state index is -3.40. The first kappa shape index (κ1) is 20.8. The number of hydrogen-bond acceptors (Lipinski definition) is 7. The van der Waals surface area contributed by atoms with Gasteiger partial charge in [0.15, 0.2) is 5.75 Å². The minimum absolute atomic E-state index is 0.116. The van der Waals surface area contributed by atoms with Crippen molar-refractivity contribution >= 4 is 33.5 Å². The van der Waals surface area contributed by atoms with Gasteiger partial charge < -0.3 is 4.74 Å². The molecule has 148 valence electrons. The molecule has 0 bridgehead atoms. The molecule has 2 aromatic rings. The lowest BCUT2D eigenvalue weighted by molar-refractivity contribution is -0.385. The van der Waals surface area contributed by atoms with Gasteiger partial charge in [-0.05, 0) is 36.4 Å². The molecule has 11 heteroatoms. The van der Waals surface area contributed by atoms with Crippen LogP contribution in [0.25, 0.3) is 0 Å². The summed E-state index contributed by atoms with van der Waals surface area (Å²) < 4.78 is 29.0. The van der Waals surface area contributed by atoms with E-state index in [2.05, 4.69) is 10.5 Å². The molecule has 0 aliphatic carbocycles. The van der Waals surface area contributed by atoms with Gasteiger partial charge in [0.1, 0.15) is 0 Å². The predicted molar refractivity (Wildman–Crippen MR) is 104 cm³/mol. The number of carbonyl (C=O) groups is 1. The van der Waals surface area contributed by atoms with Gasteiger partial charge in [0.25, 0.3) is 5.91 Å².